The zero-order valence-corrected chi connectivity index (χ0v) is 11.8. The number of aliphatic hydroxyl groups excluding tert-OH is 1. The lowest BCUT2D eigenvalue weighted by Gasteiger charge is -2.22. The molecule has 0 bridgehead atoms. The first-order valence-electron chi connectivity index (χ1n) is 6.83. The molecule has 0 aromatic carbocycles. The van der Waals surface area contributed by atoms with Gasteiger partial charge in [-0.15, -0.1) is 0 Å². The van der Waals surface area contributed by atoms with Gasteiger partial charge >= 0.3 is 0 Å². The van der Waals surface area contributed by atoms with Crippen LogP contribution >= 0.6 is 0 Å². The quantitative estimate of drug-likeness (QED) is 0.686. The molecule has 1 unspecified atom stereocenters. The fraction of sp³-hybridized carbons (Fsp3) is 0.769. The van der Waals surface area contributed by atoms with E-state index in [1.54, 1.807) is 0 Å². The fourth-order valence-electron chi connectivity index (χ4n) is 2.08. The first kappa shape index (κ1) is 15.1. The number of aliphatic hydroxyl groups is 1. The third-order valence-electron chi connectivity index (χ3n) is 3.34. The van der Waals surface area contributed by atoms with Gasteiger partial charge in [-0.05, 0) is 20.0 Å². The van der Waals surface area contributed by atoms with E-state index in [0.717, 1.165) is 38.4 Å². The molecule has 0 amide bonds. The van der Waals surface area contributed by atoms with Crippen LogP contribution in [-0.4, -0.2) is 52.3 Å². The van der Waals surface area contributed by atoms with Crippen LogP contribution in [0.3, 0.4) is 0 Å². The summed E-state index contributed by atoms with van der Waals surface area (Å²) in [6, 6.07) is -0.0250. The van der Waals surface area contributed by atoms with E-state index in [1.807, 2.05) is 12.5 Å². The number of aromatic nitrogens is 2. The second kappa shape index (κ2) is 8.24. The standard InChI is InChI=1S/C13H26N4O/c1-4-16(5-2)8-7-15-12(10-18)13-9-14-11-17(13)6-3/h9,11-12,15,18H,4-8,10H2,1-3H3. The van der Waals surface area contributed by atoms with Gasteiger partial charge in [-0.2, -0.15) is 0 Å². The SMILES string of the molecule is CCN(CC)CCNC(CO)c1cncn1CC. The van der Waals surface area contributed by atoms with Crippen LogP contribution in [0, 0.1) is 0 Å². The van der Waals surface area contributed by atoms with Crippen LogP contribution in [0.4, 0.5) is 0 Å². The normalized spacial score (nSPS) is 13.2. The third-order valence-corrected chi connectivity index (χ3v) is 3.34. The van der Waals surface area contributed by atoms with Gasteiger partial charge < -0.3 is 19.9 Å². The highest BCUT2D eigenvalue weighted by Gasteiger charge is 2.14. The van der Waals surface area contributed by atoms with Gasteiger partial charge in [0.05, 0.1) is 24.7 Å². The molecule has 1 rings (SSSR count). The number of aryl methyl sites for hydroxylation is 1. The second-order valence-electron chi connectivity index (χ2n) is 4.32. The molecule has 1 aromatic heterocycles. The first-order valence-corrected chi connectivity index (χ1v) is 6.83. The molecule has 104 valence electrons. The first-order chi connectivity index (χ1) is 8.76. The largest absolute Gasteiger partial charge is 0.394 e. The van der Waals surface area contributed by atoms with Crippen molar-refractivity contribution in [2.45, 2.75) is 33.4 Å². The van der Waals surface area contributed by atoms with Gasteiger partial charge in [0, 0.05) is 25.8 Å². The zero-order valence-electron chi connectivity index (χ0n) is 11.8. The third kappa shape index (κ3) is 4.08. The minimum atomic E-state index is -0.0250. The Hall–Kier alpha value is -0.910. The summed E-state index contributed by atoms with van der Waals surface area (Å²) in [5.74, 6) is 0. The molecule has 0 radical (unpaired) electrons. The van der Waals surface area contributed by atoms with E-state index in [-0.39, 0.29) is 12.6 Å². The Kier molecular flexibility index (Phi) is 6.93. The molecule has 0 aliphatic carbocycles. The highest BCUT2D eigenvalue weighted by atomic mass is 16.3. The van der Waals surface area contributed by atoms with Crippen molar-refractivity contribution < 1.29 is 5.11 Å². The minimum absolute atomic E-state index is 0.0250. The highest BCUT2D eigenvalue weighted by Crippen LogP contribution is 2.11. The Morgan fingerprint density at radius 1 is 1.39 bits per heavy atom. The number of rotatable bonds is 9. The van der Waals surface area contributed by atoms with Gasteiger partial charge in [-0.25, -0.2) is 4.98 Å². The van der Waals surface area contributed by atoms with Crippen LogP contribution in [0.2, 0.25) is 0 Å². The molecule has 1 heterocycles. The van der Waals surface area contributed by atoms with E-state index in [4.69, 9.17) is 0 Å². The summed E-state index contributed by atoms with van der Waals surface area (Å²) in [5, 5.41) is 12.9. The van der Waals surface area contributed by atoms with E-state index < -0.39 is 0 Å². The van der Waals surface area contributed by atoms with Crippen molar-refractivity contribution in [1.82, 2.24) is 19.8 Å². The molecule has 1 atom stereocenters. The second-order valence-corrected chi connectivity index (χ2v) is 4.32. The van der Waals surface area contributed by atoms with E-state index in [1.165, 1.54) is 0 Å². The smallest absolute Gasteiger partial charge is 0.0948 e. The Morgan fingerprint density at radius 3 is 2.67 bits per heavy atom. The van der Waals surface area contributed by atoms with Gasteiger partial charge in [0.15, 0.2) is 0 Å². The molecular formula is C13H26N4O. The van der Waals surface area contributed by atoms with Crippen LogP contribution in [0.5, 0.6) is 0 Å². The predicted octanol–water partition coefficient (Wildman–Crippen LogP) is 0.868. The van der Waals surface area contributed by atoms with Crippen LogP contribution in [0.15, 0.2) is 12.5 Å². The van der Waals surface area contributed by atoms with Crippen molar-refractivity contribution >= 4 is 0 Å². The predicted molar refractivity (Wildman–Crippen MR) is 73.5 cm³/mol. The monoisotopic (exact) mass is 254 g/mol. The maximum absolute atomic E-state index is 9.48. The fourth-order valence-corrected chi connectivity index (χ4v) is 2.08. The van der Waals surface area contributed by atoms with E-state index in [0.29, 0.717) is 0 Å². The van der Waals surface area contributed by atoms with Crippen molar-refractivity contribution in [2.75, 3.05) is 32.8 Å². The van der Waals surface area contributed by atoms with Crippen LogP contribution in [0.1, 0.15) is 32.5 Å². The van der Waals surface area contributed by atoms with Crippen molar-refractivity contribution in [3.63, 3.8) is 0 Å². The van der Waals surface area contributed by atoms with Crippen LogP contribution < -0.4 is 5.32 Å². The molecule has 0 aliphatic heterocycles. The lowest BCUT2D eigenvalue weighted by molar-refractivity contribution is 0.228. The molecule has 5 heteroatoms. The van der Waals surface area contributed by atoms with Crippen molar-refractivity contribution in [2.24, 2.45) is 0 Å². The molecular weight excluding hydrogens is 228 g/mol. The maximum atomic E-state index is 9.48. The summed E-state index contributed by atoms with van der Waals surface area (Å²) in [5.41, 5.74) is 1.06. The Labute approximate surface area is 110 Å². The molecule has 18 heavy (non-hydrogen) atoms. The van der Waals surface area contributed by atoms with E-state index in [2.05, 4.69) is 40.5 Å². The maximum Gasteiger partial charge on any atom is 0.0948 e. The summed E-state index contributed by atoms with van der Waals surface area (Å²) < 4.78 is 2.06. The summed E-state index contributed by atoms with van der Waals surface area (Å²) >= 11 is 0. The number of hydrogen-bond acceptors (Lipinski definition) is 4. The minimum Gasteiger partial charge on any atom is -0.394 e. The number of likely N-dealkylation sites (N-methyl/N-ethyl adjacent to an activating group) is 1. The lowest BCUT2D eigenvalue weighted by Crippen LogP contribution is -2.35. The van der Waals surface area contributed by atoms with Gasteiger partial charge in [0.1, 0.15) is 0 Å². The highest BCUT2D eigenvalue weighted by molar-refractivity contribution is 5.05. The van der Waals surface area contributed by atoms with Crippen LogP contribution in [-0.2, 0) is 6.54 Å². The summed E-state index contributed by atoms with van der Waals surface area (Å²) in [7, 11) is 0. The molecule has 0 aliphatic rings. The summed E-state index contributed by atoms with van der Waals surface area (Å²) in [4.78, 5) is 6.50. The van der Waals surface area contributed by atoms with Crippen molar-refractivity contribution in [1.29, 1.82) is 0 Å². The van der Waals surface area contributed by atoms with Gasteiger partial charge in [0.2, 0.25) is 0 Å². The van der Waals surface area contributed by atoms with Gasteiger partial charge in [-0.3, -0.25) is 0 Å². The molecule has 1 aromatic rings. The zero-order chi connectivity index (χ0) is 13.4. The average Bonchev–Trinajstić information content (AvgIpc) is 2.87. The number of nitrogens with zero attached hydrogens (tertiary/aromatic N) is 3. The molecule has 0 spiro atoms. The van der Waals surface area contributed by atoms with E-state index in [9.17, 15) is 5.11 Å². The Balaban J connectivity index is 2.47. The molecule has 0 saturated heterocycles. The molecule has 0 fully saturated rings. The van der Waals surface area contributed by atoms with Gasteiger partial charge in [0.25, 0.3) is 0 Å². The lowest BCUT2D eigenvalue weighted by atomic mass is 10.2. The Morgan fingerprint density at radius 2 is 2.11 bits per heavy atom. The summed E-state index contributed by atoms with van der Waals surface area (Å²) in [6.07, 6.45) is 3.64. The number of nitrogens with one attached hydrogen (secondary N) is 1. The Bertz CT molecular complexity index is 323. The molecule has 5 nitrogen and oxygen atoms in total. The van der Waals surface area contributed by atoms with Crippen molar-refractivity contribution in [3.8, 4) is 0 Å². The summed E-state index contributed by atoms with van der Waals surface area (Å²) in [6.45, 7) is 11.4. The van der Waals surface area contributed by atoms with Crippen LogP contribution in [0.25, 0.3) is 0 Å². The molecule has 0 saturated carbocycles. The van der Waals surface area contributed by atoms with E-state index >= 15 is 0 Å². The topological polar surface area (TPSA) is 53.3 Å². The average molecular weight is 254 g/mol. The molecule has 2 N–H and O–H groups in total. The number of hydrogen-bond donors (Lipinski definition) is 2. The van der Waals surface area contributed by atoms with Gasteiger partial charge in [-0.1, -0.05) is 13.8 Å². The van der Waals surface area contributed by atoms with Crippen molar-refractivity contribution in [3.05, 3.63) is 18.2 Å². The number of imidazole rings is 1.